The summed E-state index contributed by atoms with van der Waals surface area (Å²) in [4.78, 5) is 0. The molecule has 22 heavy (non-hydrogen) atoms. The second-order valence-electron chi connectivity index (χ2n) is 6.59. The summed E-state index contributed by atoms with van der Waals surface area (Å²) in [6.45, 7) is 4.05. The van der Waals surface area contributed by atoms with E-state index in [4.69, 9.17) is 4.74 Å². The molecule has 0 atom stereocenters. The standard InChI is InChI=1S/C20H33NO/c1-2-3-4-5-11-16-22-20-15-10-9-12-18(20)17-21-19-13-7-6-8-14-19/h9-10,12,15,19,21H,2-8,11,13-14,16-17H2,1H3. The number of unbranched alkanes of at least 4 members (excludes halogenated alkanes) is 4. The maximum atomic E-state index is 6.02. The van der Waals surface area contributed by atoms with E-state index in [0.29, 0.717) is 6.04 Å². The first-order valence-electron chi connectivity index (χ1n) is 9.34. The van der Waals surface area contributed by atoms with E-state index in [1.165, 1.54) is 69.8 Å². The molecule has 1 fully saturated rings. The number of para-hydroxylation sites is 1. The minimum Gasteiger partial charge on any atom is -0.493 e. The highest BCUT2D eigenvalue weighted by Crippen LogP contribution is 2.21. The van der Waals surface area contributed by atoms with Crippen molar-refractivity contribution in [2.45, 2.75) is 83.7 Å². The van der Waals surface area contributed by atoms with Gasteiger partial charge in [-0.3, -0.25) is 0 Å². The topological polar surface area (TPSA) is 21.3 Å². The zero-order chi connectivity index (χ0) is 15.5. The molecule has 0 saturated heterocycles. The van der Waals surface area contributed by atoms with Crippen LogP contribution in [-0.4, -0.2) is 12.6 Å². The van der Waals surface area contributed by atoms with Gasteiger partial charge in [0.25, 0.3) is 0 Å². The van der Waals surface area contributed by atoms with Crippen LogP contribution in [0.4, 0.5) is 0 Å². The summed E-state index contributed by atoms with van der Waals surface area (Å²) in [7, 11) is 0. The van der Waals surface area contributed by atoms with Crippen LogP contribution in [0.2, 0.25) is 0 Å². The summed E-state index contributed by atoms with van der Waals surface area (Å²) in [5.41, 5.74) is 1.31. The first kappa shape index (κ1) is 17.3. The Morgan fingerprint density at radius 1 is 1.00 bits per heavy atom. The van der Waals surface area contributed by atoms with Gasteiger partial charge in [-0.25, -0.2) is 0 Å². The molecule has 1 aliphatic rings. The van der Waals surface area contributed by atoms with Gasteiger partial charge >= 0.3 is 0 Å². The van der Waals surface area contributed by atoms with E-state index < -0.39 is 0 Å². The molecule has 1 N–H and O–H groups in total. The monoisotopic (exact) mass is 303 g/mol. The molecule has 2 rings (SSSR count). The third kappa shape index (κ3) is 6.39. The van der Waals surface area contributed by atoms with Crippen molar-refractivity contribution in [1.82, 2.24) is 5.32 Å². The van der Waals surface area contributed by atoms with E-state index in [9.17, 15) is 0 Å². The van der Waals surface area contributed by atoms with E-state index in [1.807, 2.05) is 0 Å². The Morgan fingerprint density at radius 3 is 2.59 bits per heavy atom. The van der Waals surface area contributed by atoms with Crippen molar-refractivity contribution in [1.29, 1.82) is 0 Å². The summed E-state index contributed by atoms with van der Waals surface area (Å²) in [6.07, 6.45) is 13.3. The van der Waals surface area contributed by atoms with E-state index in [-0.39, 0.29) is 0 Å². The van der Waals surface area contributed by atoms with Crippen molar-refractivity contribution in [3.63, 3.8) is 0 Å². The van der Waals surface area contributed by atoms with Gasteiger partial charge in [-0.2, -0.15) is 0 Å². The van der Waals surface area contributed by atoms with Crippen molar-refractivity contribution in [3.05, 3.63) is 29.8 Å². The third-order valence-electron chi connectivity index (χ3n) is 4.66. The van der Waals surface area contributed by atoms with Crippen LogP contribution in [0.5, 0.6) is 5.75 Å². The van der Waals surface area contributed by atoms with Gasteiger partial charge in [-0.15, -0.1) is 0 Å². The molecule has 1 saturated carbocycles. The molecule has 2 nitrogen and oxygen atoms in total. The highest BCUT2D eigenvalue weighted by molar-refractivity contribution is 5.33. The van der Waals surface area contributed by atoms with Gasteiger partial charge in [0.2, 0.25) is 0 Å². The van der Waals surface area contributed by atoms with Gasteiger partial charge in [-0.05, 0) is 25.3 Å². The fraction of sp³-hybridized carbons (Fsp3) is 0.700. The highest BCUT2D eigenvalue weighted by Gasteiger charge is 2.13. The predicted molar refractivity (Wildman–Crippen MR) is 94.4 cm³/mol. The van der Waals surface area contributed by atoms with Gasteiger partial charge in [0, 0.05) is 18.2 Å². The van der Waals surface area contributed by atoms with E-state index in [2.05, 4.69) is 36.5 Å². The smallest absolute Gasteiger partial charge is 0.123 e. The van der Waals surface area contributed by atoms with Crippen molar-refractivity contribution in [3.8, 4) is 5.75 Å². The molecule has 0 aliphatic heterocycles. The Kier molecular flexibility index (Phi) is 8.40. The summed E-state index contributed by atoms with van der Waals surface area (Å²) >= 11 is 0. The van der Waals surface area contributed by atoms with Gasteiger partial charge in [-0.1, -0.05) is 70.1 Å². The van der Waals surface area contributed by atoms with Crippen molar-refractivity contribution < 1.29 is 4.74 Å². The molecule has 0 unspecified atom stereocenters. The summed E-state index contributed by atoms with van der Waals surface area (Å²) in [5, 5.41) is 3.72. The second-order valence-corrected chi connectivity index (χ2v) is 6.59. The molecule has 1 aliphatic carbocycles. The molecule has 124 valence electrons. The summed E-state index contributed by atoms with van der Waals surface area (Å²) in [5.74, 6) is 1.07. The largest absolute Gasteiger partial charge is 0.493 e. The number of rotatable bonds is 10. The number of benzene rings is 1. The SMILES string of the molecule is CCCCCCCOc1ccccc1CNC1CCCCC1. The summed E-state index contributed by atoms with van der Waals surface area (Å²) < 4.78 is 6.02. The van der Waals surface area contributed by atoms with Crippen LogP contribution in [0.15, 0.2) is 24.3 Å². The second kappa shape index (κ2) is 10.7. The zero-order valence-corrected chi connectivity index (χ0v) is 14.3. The Bertz CT molecular complexity index is 398. The lowest BCUT2D eigenvalue weighted by molar-refractivity contribution is 0.299. The molecule has 2 heteroatoms. The molecular formula is C20H33NO. The fourth-order valence-corrected chi connectivity index (χ4v) is 3.24. The van der Waals surface area contributed by atoms with E-state index in [1.54, 1.807) is 0 Å². The first-order chi connectivity index (χ1) is 10.9. The molecular weight excluding hydrogens is 270 g/mol. The molecule has 1 aromatic rings. The number of hydrogen-bond donors (Lipinski definition) is 1. The first-order valence-corrected chi connectivity index (χ1v) is 9.34. The maximum Gasteiger partial charge on any atom is 0.123 e. The number of ether oxygens (including phenoxy) is 1. The quantitative estimate of drug-likeness (QED) is 0.580. The predicted octanol–water partition coefficient (Wildman–Crippen LogP) is 5.46. The molecule has 0 bridgehead atoms. The van der Waals surface area contributed by atoms with Gasteiger partial charge in [0.05, 0.1) is 6.61 Å². The number of hydrogen-bond acceptors (Lipinski definition) is 2. The molecule has 0 heterocycles. The molecule has 0 radical (unpaired) electrons. The van der Waals surface area contributed by atoms with Gasteiger partial charge < -0.3 is 10.1 Å². The average molecular weight is 303 g/mol. The number of nitrogens with one attached hydrogen (secondary N) is 1. The lowest BCUT2D eigenvalue weighted by atomic mass is 9.95. The van der Waals surface area contributed by atoms with Gasteiger partial charge in [0.15, 0.2) is 0 Å². The van der Waals surface area contributed by atoms with Crippen LogP contribution in [0.3, 0.4) is 0 Å². The van der Waals surface area contributed by atoms with Crippen molar-refractivity contribution >= 4 is 0 Å². The fourth-order valence-electron chi connectivity index (χ4n) is 3.24. The van der Waals surface area contributed by atoms with Crippen LogP contribution >= 0.6 is 0 Å². The summed E-state index contributed by atoms with van der Waals surface area (Å²) in [6, 6.07) is 9.21. The van der Waals surface area contributed by atoms with Gasteiger partial charge in [0.1, 0.15) is 5.75 Å². The maximum absolute atomic E-state index is 6.02. The van der Waals surface area contributed by atoms with Crippen LogP contribution in [0, 0.1) is 0 Å². The average Bonchev–Trinajstić information content (AvgIpc) is 2.58. The minimum atomic E-state index is 0.704. The van der Waals surface area contributed by atoms with Crippen LogP contribution in [0.25, 0.3) is 0 Å². The Labute approximate surface area is 136 Å². The van der Waals surface area contributed by atoms with Crippen LogP contribution in [0.1, 0.15) is 76.7 Å². The highest BCUT2D eigenvalue weighted by atomic mass is 16.5. The molecule has 1 aromatic carbocycles. The van der Waals surface area contributed by atoms with E-state index in [0.717, 1.165) is 18.9 Å². The van der Waals surface area contributed by atoms with Crippen molar-refractivity contribution in [2.24, 2.45) is 0 Å². The lowest BCUT2D eigenvalue weighted by Gasteiger charge is -2.23. The zero-order valence-electron chi connectivity index (χ0n) is 14.3. The van der Waals surface area contributed by atoms with Crippen LogP contribution in [-0.2, 0) is 6.54 Å². The lowest BCUT2D eigenvalue weighted by Crippen LogP contribution is -2.30. The molecule has 0 spiro atoms. The Balaban J connectivity index is 1.71. The molecule has 0 amide bonds. The minimum absolute atomic E-state index is 0.704. The Hall–Kier alpha value is -1.02. The van der Waals surface area contributed by atoms with E-state index >= 15 is 0 Å². The van der Waals surface area contributed by atoms with Crippen LogP contribution < -0.4 is 10.1 Å². The Morgan fingerprint density at radius 2 is 1.77 bits per heavy atom. The normalized spacial score (nSPS) is 15.9. The molecule has 0 aromatic heterocycles. The van der Waals surface area contributed by atoms with Crippen molar-refractivity contribution in [2.75, 3.05) is 6.61 Å². The third-order valence-corrected chi connectivity index (χ3v) is 4.66.